The topological polar surface area (TPSA) is 114 Å². The molecule has 0 saturated carbocycles. The summed E-state index contributed by atoms with van der Waals surface area (Å²) in [7, 11) is 0. The van der Waals surface area contributed by atoms with Crippen LogP contribution in [0.25, 0.3) is 33.7 Å². The molecule has 2 aliphatic rings. The van der Waals surface area contributed by atoms with Crippen molar-refractivity contribution >= 4 is 56.9 Å². The van der Waals surface area contributed by atoms with E-state index in [1.165, 1.54) is 55.0 Å². The van der Waals surface area contributed by atoms with Gasteiger partial charge < -0.3 is 20.6 Å². The first kappa shape index (κ1) is 44.8. The summed E-state index contributed by atoms with van der Waals surface area (Å²) in [5.41, 5.74) is 19.9. The molecule has 0 aliphatic carbocycles. The molecule has 8 heteroatoms. The van der Waals surface area contributed by atoms with Crippen molar-refractivity contribution in [1.29, 1.82) is 0 Å². The summed E-state index contributed by atoms with van der Waals surface area (Å²) < 4.78 is 0. The molecule has 2 aliphatic heterocycles. The Kier molecular flexibility index (Phi) is 12.9. The molecule has 0 bridgehead atoms. The number of benzene rings is 4. The number of aromatic amines is 2. The summed E-state index contributed by atoms with van der Waals surface area (Å²) in [6.45, 7) is 21.1. The second-order valence-electron chi connectivity index (χ2n) is 18.1. The van der Waals surface area contributed by atoms with Gasteiger partial charge in [-0.25, -0.2) is 0 Å². The van der Waals surface area contributed by atoms with Crippen molar-refractivity contribution < 1.29 is 9.59 Å². The number of hydrogen-bond acceptors (Lipinski definition) is 4. The van der Waals surface area contributed by atoms with Crippen LogP contribution in [0, 0.1) is 27.7 Å². The first-order valence-corrected chi connectivity index (χ1v) is 23.0. The summed E-state index contributed by atoms with van der Waals surface area (Å²) in [6.07, 6.45) is 7.19. The molecule has 0 saturated heterocycles. The third-order valence-corrected chi connectivity index (χ3v) is 13.8. The van der Waals surface area contributed by atoms with E-state index in [0.717, 1.165) is 74.3 Å². The minimum atomic E-state index is -0.0912. The number of carbonyl (C=O) groups excluding carboxylic acids is 2. The fourth-order valence-corrected chi connectivity index (χ4v) is 9.95. The lowest BCUT2D eigenvalue weighted by Gasteiger charge is -2.17. The van der Waals surface area contributed by atoms with Gasteiger partial charge >= 0.3 is 0 Å². The predicted molar refractivity (Wildman–Crippen MR) is 270 cm³/mol. The predicted octanol–water partition coefficient (Wildman–Crippen LogP) is 12.9. The van der Waals surface area contributed by atoms with Crippen LogP contribution in [0.5, 0.6) is 0 Å². The van der Waals surface area contributed by atoms with Crippen molar-refractivity contribution in [3.8, 4) is 0 Å². The van der Waals surface area contributed by atoms with Crippen molar-refractivity contribution in [2.75, 3.05) is 0 Å². The number of hydrogen-bond donors (Lipinski definition) is 4. The number of amides is 2. The third kappa shape index (κ3) is 9.26. The fourth-order valence-electron chi connectivity index (χ4n) is 9.95. The highest BCUT2D eigenvalue weighted by Crippen LogP contribution is 2.37. The summed E-state index contributed by atoms with van der Waals surface area (Å²) in [5.74, 6) is 0.0853. The molecule has 0 fully saturated rings. The van der Waals surface area contributed by atoms with Crippen LogP contribution in [0.1, 0.15) is 129 Å². The zero-order chi connectivity index (χ0) is 46.1. The van der Waals surface area contributed by atoms with Gasteiger partial charge in [-0.1, -0.05) is 84.9 Å². The molecule has 6 aromatic rings. The normalized spacial score (nSPS) is 16.3. The number of H-pyrrole nitrogens is 2. The SMILES string of the molecule is CC1=N/C(=C\c2[nH]c(C)c(CCC(=O)N[C@H](C)c3cccc4ccccc34)c2C)C(C)=C1CC1=C(C)/C(=C\c2[nH]c(C)c(CCC(=O)N[C@H](C)c3cccc4ccccc34)c2C)N=C1C. The number of rotatable bonds is 14. The van der Waals surface area contributed by atoms with Gasteiger partial charge in [-0.2, -0.15) is 0 Å². The quantitative estimate of drug-likeness (QED) is 0.0873. The van der Waals surface area contributed by atoms with Gasteiger partial charge in [-0.05, 0) is 171 Å². The molecule has 0 spiro atoms. The Morgan fingerprint density at radius 3 is 1.35 bits per heavy atom. The van der Waals surface area contributed by atoms with E-state index >= 15 is 0 Å². The molecule has 4 heterocycles. The van der Waals surface area contributed by atoms with Crippen LogP contribution in [0.15, 0.2) is 129 Å². The van der Waals surface area contributed by atoms with Crippen molar-refractivity contribution in [2.24, 2.45) is 9.98 Å². The number of aryl methyl sites for hydroxylation is 2. The number of carbonyl (C=O) groups is 2. The Hall–Kier alpha value is -6.80. The van der Waals surface area contributed by atoms with Gasteiger partial charge in [0.25, 0.3) is 0 Å². The Balaban J connectivity index is 0.912. The van der Waals surface area contributed by atoms with Crippen LogP contribution in [-0.2, 0) is 22.4 Å². The van der Waals surface area contributed by atoms with Crippen LogP contribution in [0.2, 0.25) is 0 Å². The van der Waals surface area contributed by atoms with Gasteiger partial charge in [-0.3, -0.25) is 19.6 Å². The van der Waals surface area contributed by atoms with E-state index in [1.807, 2.05) is 24.3 Å². The summed E-state index contributed by atoms with van der Waals surface area (Å²) in [6, 6.07) is 29.0. The Labute approximate surface area is 383 Å². The Morgan fingerprint density at radius 1 is 0.554 bits per heavy atom. The number of aromatic nitrogens is 2. The molecule has 65 heavy (non-hydrogen) atoms. The van der Waals surface area contributed by atoms with Crippen LogP contribution in [0.3, 0.4) is 0 Å². The van der Waals surface area contributed by atoms with Gasteiger partial charge in [0.15, 0.2) is 0 Å². The largest absolute Gasteiger partial charge is 0.359 e. The molecular weight excluding hydrogens is 801 g/mol. The monoisotopic (exact) mass is 862 g/mol. The minimum absolute atomic E-state index is 0.0426. The highest BCUT2D eigenvalue weighted by Gasteiger charge is 2.26. The van der Waals surface area contributed by atoms with Gasteiger partial charge in [0, 0.05) is 53.5 Å². The zero-order valence-electron chi connectivity index (χ0n) is 39.6. The number of aliphatic imine (C=N–C) groups is 2. The molecule has 4 aromatic carbocycles. The molecular formula is C57H62N6O2. The maximum Gasteiger partial charge on any atom is 0.220 e. The standard InChI is InChI=1S/C57H62N6O2/c1-32-44(25-27-56(64)62-38(7)46-23-15-19-42-17-11-13-21-48(42)46)36(5)58-52(32)30-54-34(3)50(40(9)60-54)29-51-35(4)55(61-41(51)10)31-53-33(2)45(37(6)59-53)26-28-57(65)63-39(8)47-24-16-20-43-18-12-14-22-49(43)47/h11-24,30-31,38-39,58-59H,25-29H2,1-10H3,(H,62,64)(H,63,65)/b54-30-,55-31+/t38-,39-/m1/s1. The molecule has 2 atom stereocenters. The van der Waals surface area contributed by atoms with E-state index in [9.17, 15) is 9.59 Å². The van der Waals surface area contributed by atoms with Crippen LogP contribution < -0.4 is 10.6 Å². The highest BCUT2D eigenvalue weighted by atomic mass is 16.2. The van der Waals surface area contributed by atoms with Crippen molar-refractivity contribution in [1.82, 2.24) is 20.6 Å². The van der Waals surface area contributed by atoms with Gasteiger partial charge in [0.2, 0.25) is 11.8 Å². The summed E-state index contributed by atoms with van der Waals surface area (Å²) in [4.78, 5) is 43.8. The molecule has 332 valence electrons. The zero-order valence-corrected chi connectivity index (χ0v) is 39.6. The summed E-state index contributed by atoms with van der Waals surface area (Å²) >= 11 is 0. The molecule has 2 aromatic heterocycles. The second kappa shape index (κ2) is 18.7. The maximum atomic E-state index is 13.2. The van der Waals surface area contributed by atoms with E-state index in [-0.39, 0.29) is 23.9 Å². The van der Waals surface area contributed by atoms with Crippen molar-refractivity contribution in [3.63, 3.8) is 0 Å². The Bertz CT molecular complexity index is 2850. The van der Waals surface area contributed by atoms with E-state index in [0.29, 0.717) is 25.7 Å². The number of nitrogens with one attached hydrogen (secondary N) is 4. The lowest BCUT2D eigenvalue weighted by atomic mass is 9.93. The third-order valence-electron chi connectivity index (χ3n) is 13.8. The number of fused-ring (bicyclic) bond motifs is 2. The summed E-state index contributed by atoms with van der Waals surface area (Å²) in [5, 5.41) is 11.2. The lowest BCUT2D eigenvalue weighted by molar-refractivity contribution is -0.122. The van der Waals surface area contributed by atoms with Crippen LogP contribution in [-0.4, -0.2) is 33.2 Å². The molecule has 8 nitrogen and oxygen atoms in total. The fraction of sp³-hybridized carbons (Fsp3) is 0.298. The molecule has 0 radical (unpaired) electrons. The van der Waals surface area contributed by atoms with Crippen molar-refractivity contribution in [2.45, 2.75) is 113 Å². The van der Waals surface area contributed by atoms with E-state index < -0.39 is 0 Å². The van der Waals surface area contributed by atoms with Crippen LogP contribution in [0.4, 0.5) is 0 Å². The molecule has 4 N–H and O–H groups in total. The van der Waals surface area contributed by atoms with Gasteiger partial charge in [0.1, 0.15) is 0 Å². The molecule has 2 amide bonds. The van der Waals surface area contributed by atoms with Gasteiger partial charge in [0.05, 0.1) is 23.5 Å². The lowest BCUT2D eigenvalue weighted by Crippen LogP contribution is -2.27. The Morgan fingerprint density at radius 2 is 0.938 bits per heavy atom. The molecule has 8 rings (SSSR count). The first-order valence-electron chi connectivity index (χ1n) is 23.0. The maximum absolute atomic E-state index is 13.2. The minimum Gasteiger partial charge on any atom is -0.359 e. The van der Waals surface area contributed by atoms with E-state index in [4.69, 9.17) is 9.98 Å². The van der Waals surface area contributed by atoms with Crippen molar-refractivity contribution in [3.05, 3.63) is 175 Å². The number of allylic oxidation sites excluding steroid dienone is 4. The second-order valence-corrected chi connectivity index (χ2v) is 18.1. The first-order chi connectivity index (χ1) is 31.2. The van der Waals surface area contributed by atoms with Crippen LogP contribution >= 0.6 is 0 Å². The smallest absolute Gasteiger partial charge is 0.220 e. The van der Waals surface area contributed by atoms with E-state index in [2.05, 4.69) is 163 Å². The average Bonchev–Trinajstić information content (AvgIpc) is 3.92. The highest BCUT2D eigenvalue weighted by molar-refractivity contribution is 6.09. The van der Waals surface area contributed by atoms with Gasteiger partial charge in [-0.15, -0.1) is 0 Å². The van der Waals surface area contributed by atoms with E-state index in [1.54, 1.807) is 0 Å². The number of nitrogens with zero attached hydrogens (tertiary/aromatic N) is 2. The average molecular weight is 863 g/mol. The molecule has 0 unspecified atom stereocenters.